The molecule has 1 aromatic heterocycles. The number of imidazole rings is 1. The molecule has 0 saturated heterocycles. The molecule has 1 fully saturated rings. The normalized spacial score (nSPS) is 24.7. The minimum absolute atomic E-state index is 0.509. The van der Waals surface area contributed by atoms with Gasteiger partial charge in [0.1, 0.15) is 5.82 Å². The molecule has 3 heteroatoms. The summed E-state index contributed by atoms with van der Waals surface area (Å²) in [5, 5.41) is 3.71. The Morgan fingerprint density at radius 3 is 3.00 bits per heavy atom. The summed E-state index contributed by atoms with van der Waals surface area (Å²) < 4.78 is 2.28. The van der Waals surface area contributed by atoms with Crippen LogP contribution in [0.5, 0.6) is 0 Å². The minimum Gasteiger partial charge on any atom is -0.333 e. The Labute approximate surface area is 111 Å². The van der Waals surface area contributed by atoms with Crippen LogP contribution >= 0.6 is 0 Å². The van der Waals surface area contributed by atoms with Crippen LogP contribution in [0.4, 0.5) is 0 Å². The molecule has 0 aliphatic heterocycles. The highest BCUT2D eigenvalue weighted by atomic mass is 15.1. The largest absolute Gasteiger partial charge is 0.333 e. The van der Waals surface area contributed by atoms with Gasteiger partial charge in [-0.1, -0.05) is 33.6 Å². The van der Waals surface area contributed by atoms with Crippen LogP contribution in [-0.2, 0) is 6.54 Å². The second-order valence-corrected chi connectivity index (χ2v) is 6.06. The lowest BCUT2D eigenvalue weighted by atomic mass is 9.87. The average Bonchev–Trinajstić information content (AvgIpc) is 2.77. The predicted octanol–water partition coefficient (Wildman–Crippen LogP) is 3.17. The van der Waals surface area contributed by atoms with Gasteiger partial charge in [-0.3, -0.25) is 0 Å². The molecule has 1 aliphatic rings. The molecule has 1 aliphatic carbocycles. The van der Waals surface area contributed by atoms with Crippen molar-refractivity contribution in [3.63, 3.8) is 0 Å². The molecule has 2 atom stereocenters. The third-order valence-electron chi connectivity index (χ3n) is 3.99. The van der Waals surface area contributed by atoms with Gasteiger partial charge in [0.25, 0.3) is 0 Å². The second-order valence-electron chi connectivity index (χ2n) is 6.06. The van der Waals surface area contributed by atoms with Crippen LogP contribution in [0.3, 0.4) is 0 Å². The first kappa shape index (κ1) is 13.6. The fourth-order valence-electron chi connectivity index (χ4n) is 3.02. The first-order chi connectivity index (χ1) is 8.66. The Kier molecular flexibility index (Phi) is 4.81. The van der Waals surface area contributed by atoms with Crippen LogP contribution in [0.2, 0.25) is 0 Å². The molecule has 0 spiro atoms. The highest BCUT2D eigenvalue weighted by Crippen LogP contribution is 2.23. The molecule has 18 heavy (non-hydrogen) atoms. The van der Waals surface area contributed by atoms with Gasteiger partial charge < -0.3 is 9.88 Å². The maximum atomic E-state index is 4.43. The van der Waals surface area contributed by atoms with Gasteiger partial charge in [0.15, 0.2) is 0 Å². The van der Waals surface area contributed by atoms with E-state index in [2.05, 4.69) is 41.8 Å². The Hall–Kier alpha value is -0.830. The molecule has 1 aromatic rings. The Morgan fingerprint density at radius 1 is 1.44 bits per heavy atom. The summed E-state index contributed by atoms with van der Waals surface area (Å²) in [4.78, 5) is 4.43. The highest BCUT2D eigenvalue weighted by Gasteiger charge is 2.18. The van der Waals surface area contributed by atoms with E-state index in [1.54, 1.807) is 0 Å². The Bertz CT molecular complexity index is 356. The minimum atomic E-state index is 0.509. The molecular formula is C15H27N3. The van der Waals surface area contributed by atoms with Crippen molar-refractivity contribution >= 4 is 0 Å². The summed E-state index contributed by atoms with van der Waals surface area (Å²) in [6, 6.07) is 0.736. The van der Waals surface area contributed by atoms with Crippen LogP contribution in [0.1, 0.15) is 58.2 Å². The highest BCUT2D eigenvalue weighted by molar-refractivity contribution is 4.97. The molecule has 1 heterocycles. The lowest BCUT2D eigenvalue weighted by Gasteiger charge is -2.27. The van der Waals surface area contributed by atoms with Crippen molar-refractivity contribution in [3.05, 3.63) is 18.2 Å². The predicted molar refractivity (Wildman–Crippen MR) is 75.7 cm³/mol. The number of nitrogens with zero attached hydrogens (tertiary/aromatic N) is 2. The van der Waals surface area contributed by atoms with Crippen LogP contribution in [0.25, 0.3) is 0 Å². The van der Waals surface area contributed by atoms with Gasteiger partial charge in [0.05, 0.1) is 0 Å². The van der Waals surface area contributed by atoms with E-state index in [-0.39, 0.29) is 0 Å². The molecule has 3 nitrogen and oxygen atoms in total. The standard InChI is InChI=1S/C15H27N3/c1-12(2)15-17-8-10-18(15)9-7-16-14-6-4-5-13(3)11-14/h8,10,12-14,16H,4-7,9,11H2,1-3H3. The van der Waals surface area contributed by atoms with Crippen LogP contribution in [-0.4, -0.2) is 22.1 Å². The van der Waals surface area contributed by atoms with E-state index in [9.17, 15) is 0 Å². The number of rotatable bonds is 5. The molecule has 0 bridgehead atoms. The summed E-state index contributed by atoms with van der Waals surface area (Å²) in [5.41, 5.74) is 0. The third-order valence-corrected chi connectivity index (χ3v) is 3.99. The Morgan fingerprint density at radius 2 is 2.28 bits per heavy atom. The maximum Gasteiger partial charge on any atom is 0.111 e. The van der Waals surface area contributed by atoms with E-state index in [1.165, 1.54) is 31.5 Å². The lowest BCUT2D eigenvalue weighted by Crippen LogP contribution is -2.35. The zero-order valence-corrected chi connectivity index (χ0v) is 12.0. The van der Waals surface area contributed by atoms with E-state index in [1.807, 2.05) is 6.20 Å². The number of hydrogen-bond acceptors (Lipinski definition) is 2. The topological polar surface area (TPSA) is 29.9 Å². The molecule has 0 radical (unpaired) electrons. The molecule has 0 amide bonds. The molecule has 2 unspecified atom stereocenters. The quantitative estimate of drug-likeness (QED) is 0.868. The van der Waals surface area contributed by atoms with E-state index in [4.69, 9.17) is 0 Å². The van der Waals surface area contributed by atoms with E-state index < -0.39 is 0 Å². The smallest absolute Gasteiger partial charge is 0.111 e. The van der Waals surface area contributed by atoms with E-state index in [0.29, 0.717) is 5.92 Å². The fourth-order valence-corrected chi connectivity index (χ4v) is 3.02. The number of aromatic nitrogens is 2. The van der Waals surface area contributed by atoms with E-state index in [0.717, 1.165) is 25.0 Å². The third kappa shape index (κ3) is 3.58. The summed E-state index contributed by atoms with van der Waals surface area (Å²) in [6.45, 7) is 8.89. The van der Waals surface area contributed by atoms with Crippen molar-refractivity contribution in [2.45, 2.75) is 65.0 Å². The zero-order chi connectivity index (χ0) is 13.0. The van der Waals surface area contributed by atoms with Crippen LogP contribution in [0.15, 0.2) is 12.4 Å². The zero-order valence-electron chi connectivity index (χ0n) is 12.0. The summed E-state index contributed by atoms with van der Waals surface area (Å²) in [7, 11) is 0. The molecule has 1 saturated carbocycles. The van der Waals surface area contributed by atoms with Crippen molar-refractivity contribution in [2.24, 2.45) is 5.92 Å². The monoisotopic (exact) mass is 249 g/mol. The number of hydrogen-bond donors (Lipinski definition) is 1. The Balaban J connectivity index is 1.76. The van der Waals surface area contributed by atoms with Crippen molar-refractivity contribution < 1.29 is 0 Å². The molecule has 102 valence electrons. The van der Waals surface area contributed by atoms with Gasteiger partial charge in [-0.15, -0.1) is 0 Å². The molecule has 1 N–H and O–H groups in total. The molecule has 0 aromatic carbocycles. The van der Waals surface area contributed by atoms with Gasteiger partial charge in [0.2, 0.25) is 0 Å². The summed E-state index contributed by atoms with van der Waals surface area (Å²) in [6.07, 6.45) is 9.52. The second kappa shape index (κ2) is 6.37. The fraction of sp³-hybridized carbons (Fsp3) is 0.800. The van der Waals surface area contributed by atoms with Crippen molar-refractivity contribution in [3.8, 4) is 0 Å². The van der Waals surface area contributed by atoms with Crippen molar-refractivity contribution in [1.29, 1.82) is 0 Å². The lowest BCUT2D eigenvalue weighted by molar-refractivity contribution is 0.299. The molecule has 2 rings (SSSR count). The first-order valence-corrected chi connectivity index (χ1v) is 7.41. The van der Waals surface area contributed by atoms with E-state index >= 15 is 0 Å². The first-order valence-electron chi connectivity index (χ1n) is 7.41. The van der Waals surface area contributed by atoms with Gasteiger partial charge in [0, 0.05) is 37.4 Å². The molecular weight excluding hydrogens is 222 g/mol. The van der Waals surface area contributed by atoms with Gasteiger partial charge in [-0.2, -0.15) is 0 Å². The van der Waals surface area contributed by atoms with Gasteiger partial charge in [-0.25, -0.2) is 4.98 Å². The number of nitrogens with one attached hydrogen (secondary N) is 1. The van der Waals surface area contributed by atoms with Crippen LogP contribution < -0.4 is 5.32 Å². The summed E-state index contributed by atoms with van der Waals surface area (Å²) in [5.74, 6) is 2.61. The average molecular weight is 249 g/mol. The van der Waals surface area contributed by atoms with Gasteiger partial charge >= 0.3 is 0 Å². The van der Waals surface area contributed by atoms with Crippen LogP contribution in [0, 0.1) is 5.92 Å². The summed E-state index contributed by atoms with van der Waals surface area (Å²) >= 11 is 0. The van der Waals surface area contributed by atoms with Crippen molar-refractivity contribution in [2.75, 3.05) is 6.54 Å². The van der Waals surface area contributed by atoms with Gasteiger partial charge in [-0.05, 0) is 18.8 Å². The van der Waals surface area contributed by atoms with Crippen molar-refractivity contribution in [1.82, 2.24) is 14.9 Å². The SMILES string of the molecule is CC1CCCC(NCCn2ccnc2C(C)C)C1. The maximum absolute atomic E-state index is 4.43.